The van der Waals surface area contributed by atoms with E-state index >= 15 is 0 Å². The summed E-state index contributed by atoms with van der Waals surface area (Å²) >= 11 is 0. The number of carbonyl (C=O) groups is 1. The van der Waals surface area contributed by atoms with Gasteiger partial charge < -0.3 is 18.9 Å². The molecule has 156 valence electrons. The van der Waals surface area contributed by atoms with Crippen molar-refractivity contribution in [3.05, 3.63) is 83.4 Å². The molecule has 3 aromatic rings. The van der Waals surface area contributed by atoms with E-state index in [0.717, 1.165) is 28.9 Å². The standard InChI is InChI=1S/C25H26O5/c1-3-27-22-10-5-19(6-11-22)17-29-24-14-9-21(16-26)25(15-24)30-18-20-7-12-23(13-8-20)28-4-2/h5-16H,3-4,17-18H2,1-2H3. The monoisotopic (exact) mass is 406 g/mol. The van der Waals surface area contributed by atoms with Gasteiger partial charge in [-0.2, -0.15) is 0 Å². The molecule has 0 N–H and O–H groups in total. The average molecular weight is 406 g/mol. The van der Waals surface area contributed by atoms with Gasteiger partial charge >= 0.3 is 0 Å². The van der Waals surface area contributed by atoms with Crippen molar-refractivity contribution in [1.29, 1.82) is 0 Å². The number of rotatable bonds is 11. The second-order valence-corrected chi connectivity index (χ2v) is 6.55. The first kappa shape index (κ1) is 21.2. The quantitative estimate of drug-likeness (QED) is 0.396. The SMILES string of the molecule is CCOc1ccc(COc2ccc(C=O)c(OCc3ccc(OCC)cc3)c2)cc1. The number of ether oxygens (including phenoxy) is 4. The minimum Gasteiger partial charge on any atom is -0.494 e. The second-order valence-electron chi connectivity index (χ2n) is 6.55. The highest BCUT2D eigenvalue weighted by Gasteiger charge is 2.07. The zero-order valence-corrected chi connectivity index (χ0v) is 17.3. The number of benzene rings is 3. The Kier molecular flexibility index (Phi) is 7.72. The fourth-order valence-electron chi connectivity index (χ4n) is 2.85. The third-order valence-corrected chi connectivity index (χ3v) is 4.38. The van der Waals surface area contributed by atoms with Gasteiger partial charge in [-0.25, -0.2) is 0 Å². The topological polar surface area (TPSA) is 54.0 Å². The van der Waals surface area contributed by atoms with Gasteiger partial charge in [0.25, 0.3) is 0 Å². The summed E-state index contributed by atoms with van der Waals surface area (Å²) in [5, 5.41) is 0. The lowest BCUT2D eigenvalue weighted by Gasteiger charge is -2.12. The van der Waals surface area contributed by atoms with E-state index in [1.165, 1.54) is 0 Å². The molecule has 0 aliphatic carbocycles. The maximum Gasteiger partial charge on any atom is 0.153 e. The van der Waals surface area contributed by atoms with Gasteiger partial charge in [0.2, 0.25) is 0 Å². The van der Waals surface area contributed by atoms with Gasteiger partial charge in [-0.05, 0) is 61.4 Å². The van der Waals surface area contributed by atoms with E-state index in [-0.39, 0.29) is 0 Å². The minimum absolute atomic E-state index is 0.343. The van der Waals surface area contributed by atoms with E-state index in [4.69, 9.17) is 18.9 Å². The van der Waals surface area contributed by atoms with Crippen LogP contribution in [0.4, 0.5) is 0 Å². The predicted octanol–water partition coefficient (Wildman–Crippen LogP) is 5.45. The molecule has 0 fully saturated rings. The van der Waals surface area contributed by atoms with Crippen LogP contribution in [0, 0.1) is 0 Å². The molecule has 0 unspecified atom stereocenters. The van der Waals surface area contributed by atoms with Crippen molar-refractivity contribution < 1.29 is 23.7 Å². The lowest BCUT2D eigenvalue weighted by atomic mass is 10.2. The largest absolute Gasteiger partial charge is 0.494 e. The molecule has 5 heteroatoms. The molecule has 30 heavy (non-hydrogen) atoms. The third-order valence-electron chi connectivity index (χ3n) is 4.38. The highest BCUT2D eigenvalue weighted by Crippen LogP contribution is 2.26. The van der Waals surface area contributed by atoms with E-state index in [1.807, 2.05) is 62.4 Å². The maximum absolute atomic E-state index is 11.4. The van der Waals surface area contributed by atoms with Crippen LogP contribution in [0.15, 0.2) is 66.7 Å². The van der Waals surface area contributed by atoms with E-state index in [2.05, 4.69) is 0 Å². The number of aldehydes is 1. The van der Waals surface area contributed by atoms with E-state index in [9.17, 15) is 4.79 Å². The molecule has 0 saturated heterocycles. The third kappa shape index (κ3) is 6.01. The van der Waals surface area contributed by atoms with Gasteiger partial charge in [-0.1, -0.05) is 24.3 Å². The first-order chi connectivity index (χ1) is 14.7. The molecule has 0 aromatic heterocycles. The molecule has 0 aliphatic rings. The summed E-state index contributed by atoms with van der Waals surface area (Å²) in [5.41, 5.74) is 2.49. The fourth-order valence-corrected chi connectivity index (χ4v) is 2.85. The van der Waals surface area contributed by atoms with Crippen molar-refractivity contribution in [2.75, 3.05) is 13.2 Å². The molecule has 3 aromatic carbocycles. The summed E-state index contributed by atoms with van der Waals surface area (Å²) < 4.78 is 22.7. The lowest BCUT2D eigenvalue weighted by molar-refractivity contribution is 0.111. The normalized spacial score (nSPS) is 10.3. The Morgan fingerprint density at radius 3 is 1.63 bits per heavy atom. The summed E-state index contributed by atoms with van der Waals surface area (Å²) in [6.07, 6.45) is 0.782. The summed E-state index contributed by atoms with van der Waals surface area (Å²) in [6, 6.07) is 20.7. The summed E-state index contributed by atoms with van der Waals surface area (Å²) in [4.78, 5) is 11.4. The van der Waals surface area contributed by atoms with Crippen LogP contribution < -0.4 is 18.9 Å². The second kappa shape index (κ2) is 10.9. The van der Waals surface area contributed by atoms with Crippen LogP contribution in [-0.2, 0) is 13.2 Å². The van der Waals surface area contributed by atoms with Crippen LogP contribution in [0.3, 0.4) is 0 Å². The van der Waals surface area contributed by atoms with Crippen LogP contribution >= 0.6 is 0 Å². The number of hydrogen-bond donors (Lipinski definition) is 0. The highest BCUT2D eigenvalue weighted by atomic mass is 16.5. The zero-order chi connectivity index (χ0) is 21.2. The molecule has 0 bridgehead atoms. The first-order valence-electron chi connectivity index (χ1n) is 10.00. The molecule has 0 aliphatic heterocycles. The molecular formula is C25H26O5. The van der Waals surface area contributed by atoms with Crippen LogP contribution in [0.25, 0.3) is 0 Å². The van der Waals surface area contributed by atoms with Crippen molar-refractivity contribution in [3.8, 4) is 23.0 Å². The van der Waals surface area contributed by atoms with Crippen LogP contribution in [-0.4, -0.2) is 19.5 Å². The Morgan fingerprint density at radius 2 is 1.13 bits per heavy atom. The molecular weight excluding hydrogens is 380 g/mol. The Morgan fingerprint density at radius 1 is 0.633 bits per heavy atom. The smallest absolute Gasteiger partial charge is 0.153 e. The Labute approximate surface area is 177 Å². The van der Waals surface area contributed by atoms with Crippen molar-refractivity contribution in [2.24, 2.45) is 0 Å². The summed E-state index contributed by atoms with van der Waals surface area (Å²) in [5.74, 6) is 2.78. The fraction of sp³-hybridized carbons (Fsp3) is 0.240. The van der Waals surface area contributed by atoms with E-state index in [1.54, 1.807) is 18.2 Å². The Hall–Kier alpha value is -3.47. The molecule has 5 nitrogen and oxygen atoms in total. The summed E-state index contributed by atoms with van der Waals surface area (Å²) in [6.45, 7) is 5.92. The van der Waals surface area contributed by atoms with Gasteiger partial charge in [0.1, 0.15) is 36.2 Å². The van der Waals surface area contributed by atoms with Crippen molar-refractivity contribution in [2.45, 2.75) is 27.1 Å². The first-order valence-corrected chi connectivity index (χ1v) is 10.00. The zero-order valence-electron chi connectivity index (χ0n) is 17.3. The van der Waals surface area contributed by atoms with Crippen molar-refractivity contribution in [3.63, 3.8) is 0 Å². The van der Waals surface area contributed by atoms with Gasteiger partial charge in [0, 0.05) is 6.07 Å². The molecule has 0 saturated carbocycles. The van der Waals surface area contributed by atoms with Gasteiger partial charge in [-0.15, -0.1) is 0 Å². The molecule has 0 spiro atoms. The van der Waals surface area contributed by atoms with Gasteiger partial charge in [0.05, 0.1) is 18.8 Å². The Balaban J connectivity index is 1.62. The van der Waals surface area contributed by atoms with Crippen molar-refractivity contribution in [1.82, 2.24) is 0 Å². The van der Waals surface area contributed by atoms with Crippen LogP contribution in [0.1, 0.15) is 35.3 Å². The van der Waals surface area contributed by atoms with Crippen LogP contribution in [0.2, 0.25) is 0 Å². The number of carbonyl (C=O) groups excluding carboxylic acids is 1. The lowest BCUT2D eigenvalue weighted by Crippen LogP contribution is -2.01. The van der Waals surface area contributed by atoms with E-state index < -0.39 is 0 Å². The highest BCUT2D eigenvalue weighted by molar-refractivity contribution is 5.79. The minimum atomic E-state index is 0.343. The van der Waals surface area contributed by atoms with Gasteiger partial charge in [0.15, 0.2) is 6.29 Å². The van der Waals surface area contributed by atoms with Gasteiger partial charge in [-0.3, -0.25) is 4.79 Å². The summed E-state index contributed by atoms with van der Waals surface area (Å²) in [7, 11) is 0. The van der Waals surface area contributed by atoms with Crippen molar-refractivity contribution >= 4 is 6.29 Å². The molecule has 3 rings (SSSR count). The molecule has 0 atom stereocenters. The molecule has 0 radical (unpaired) electrons. The number of hydrogen-bond acceptors (Lipinski definition) is 5. The Bertz CT molecular complexity index is 933. The maximum atomic E-state index is 11.4. The predicted molar refractivity (Wildman–Crippen MR) is 116 cm³/mol. The van der Waals surface area contributed by atoms with E-state index in [0.29, 0.717) is 43.5 Å². The molecule has 0 heterocycles. The molecule has 0 amide bonds. The average Bonchev–Trinajstić information content (AvgIpc) is 2.78. The van der Waals surface area contributed by atoms with Crippen LogP contribution in [0.5, 0.6) is 23.0 Å².